The van der Waals surface area contributed by atoms with Crippen molar-refractivity contribution in [3.8, 4) is 0 Å². The van der Waals surface area contributed by atoms with Gasteiger partial charge in [-0.05, 0) is 6.92 Å². The van der Waals surface area contributed by atoms with Crippen LogP contribution < -0.4 is 11.1 Å². The fourth-order valence-electron chi connectivity index (χ4n) is 1.32. The molecule has 3 N–H and O–H groups in total. The SMILES string of the molecule is Cc1nn(C)c(NCc2ncon2)c1N. The third-order valence-corrected chi connectivity index (χ3v) is 2.09. The van der Waals surface area contributed by atoms with E-state index in [0.717, 1.165) is 11.5 Å². The van der Waals surface area contributed by atoms with Gasteiger partial charge >= 0.3 is 0 Å². The lowest BCUT2D eigenvalue weighted by molar-refractivity contribution is 0.411. The average Bonchev–Trinajstić information content (AvgIpc) is 2.76. The van der Waals surface area contributed by atoms with Crippen molar-refractivity contribution in [2.75, 3.05) is 11.1 Å². The predicted molar refractivity (Wildman–Crippen MR) is 54.0 cm³/mol. The topological polar surface area (TPSA) is 94.8 Å². The molecule has 7 nitrogen and oxygen atoms in total. The lowest BCUT2D eigenvalue weighted by Crippen LogP contribution is -2.07. The molecule has 7 heteroatoms. The van der Waals surface area contributed by atoms with Crippen LogP contribution in [0.1, 0.15) is 11.5 Å². The molecule has 0 amide bonds. The van der Waals surface area contributed by atoms with Crippen LogP contribution in [0.3, 0.4) is 0 Å². The molecule has 0 aliphatic carbocycles. The summed E-state index contributed by atoms with van der Waals surface area (Å²) in [4.78, 5) is 3.89. The number of nitrogens with two attached hydrogens (primary N) is 1. The number of hydrogen-bond acceptors (Lipinski definition) is 6. The zero-order chi connectivity index (χ0) is 10.8. The number of nitrogens with zero attached hydrogens (tertiary/aromatic N) is 4. The van der Waals surface area contributed by atoms with E-state index in [-0.39, 0.29) is 0 Å². The van der Waals surface area contributed by atoms with Crippen LogP contribution >= 0.6 is 0 Å². The van der Waals surface area contributed by atoms with E-state index in [1.807, 2.05) is 14.0 Å². The van der Waals surface area contributed by atoms with Crippen LogP contribution in [0.4, 0.5) is 11.5 Å². The smallest absolute Gasteiger partial charge is 0.213 e. The highest BCUT2D eigenvalue weighted by atomic mass is 16.5. The van der Waals surface area contributed by atoms with Gasteiger partial charge in [0.25, 0.3) is 0 Å². The van der Waals surface area contributed by atoms with Gasteiger partial charge in [-0.15, -0.1) is 0 Å². The van der Waals surface area contributed by atoms with Crippen molar-refractivity contribution in [2.24, 2.45) is 7.05 Å². The van der Waals surface area contributed by atoms with Crippen LogP contribution in [0.5, 0.6) is 0 Å². The molecule has 0 fully saturated rings. The molecule has 0 bridgehead atoms. The average molecular weight is 208 g/mol. The Morgan fingerprint density at radius 2 is 2.40 bits per heavy atom. The Hall–Kier alpha value is -2.05. The van der Waals surface area contributed by atoms with Crippen LogP contribution in [0.15, 0.2) is 10.9 Å². The molecule has 80 valence electrons. The molecule has 2 rings (SSSR count). The van der Waals surface area contributed by atoms with Crippen molar-refractivity contribution in [2.45, 2.75) is 13.5 Å². The van der Waals surface area contributed by atoms with E-state index in [2.05, 4.69) is 25.1 Å². The second-order valence-electron chi connectivity index (χ2n) is 3.17. The molecule has 0 aliphatic rings. The number of anilines is 2. The Labute approximate surface area is 86.3 Å². The first kappa shape index (κ1) is 9.50. The molecule has 0 atom stereocenters. The first-order valence-corrected chi connectivity index (χ1v) is 4.46. The van der Waals surface area contributed by atoms with Gasteiger partial charge in [-0.3, -0.25) is 4.68 Å². The summed E-state index contributed by atoms with van der Waals surface area (Å²) < 4.78 is 6.30. The Morgan fingerprint density at radius 1 is 1.60 bits per heavy atom. The van der Waals surface area contributed by atoms with Crippen LogP contribution in [-0.2, 0) is 13.6 Å². The van der Waals surface area contributed by atoms with Gasteiger partial charge in [-0.1, -0.05) is 5.16 Å². The normalized spacial score (nSPS) is 10.5. The highest BCUT2D eigenvalue weighted by molar-refractivity contribution is 5.64. The lowest BCUT2D eigenvalue weighted by Gasteiger charge is -2.04. The summed E-state index contributed by atoms with van der Waals surface area (Å²) >= 11 is 0. The summed E-state index contributed by atoms with van der Waals surface area (Å²) in [5.74, 6) is 1.34. The molecular weight excluding hydrogens is 196 g/mol. The van der Waals surface area contributed by atoms with Crippen LogP contribution in [0, 0.1) is 6.92 Å². The van der Waals surface area contributed by atoms with E-state index in [0.29, 0.717) is 18.1 Å². The van der Waals surface area contributed by atoms with Gasteiger partial charge in [-0.25, -0.2) is 0 Å². The van der Waals surface area contributed by atoms with E-state index in [9.17, 15) is 0 Å². The maximum Gasteiger partial charge on any atom is 0.213 e. The predicted octanol–water partition coefficient (Wildman–Crippen LogP) is 0.306. The Morgan fingerprint density at radius 3 is 2.93 bits per heavy atom. The summed E-state index contributed by atoms with van der Waals surface area (Å²) in [6, 6.07) is 0. The van der Waals surface area contributed by atoms with Crippen LogP contribution in [0.25, 0.3) is 0 Å². The molecule has 0 radical (unpaired) electrons. The fraction of sp³-hybridized carbons (Fsp3) is 0.375. The fourth-order valence-corrected chi connectivity index (χ4v) is 1.32. The van der Waals surface area contributed by atoms with Gasteiger partial charge < -0.3 is 15.6 Å². The first-order chi connectivity index (χ1) is 7.18. The maximum absolute atomic E-state index is 5.83. The summed E-state index contributed by atoms with van der Waals surface area (Å²) in [5, 5.41) is 10.9. The van der Waals surface area contributed by atoms with E-state index in [4.69, 9.17) is 5.73 Å². The number of nitrogens with one attached hydrogen (secondary N) is 1. The van der Waals surface area contributed by atoms with Gasteiger partial charge in [-0.2, -0.15) is 10.1 Å². The Kier molecular flexibility index (Phi) is 2.28. The number of aryl methyl sites for hydroxylation is 2. The molecule has 2 aromatic rings. The van der Waals surface area contributed by atoms with Gasteiger partial charge in [0.1, 0.15) is 5.82 Å². The van der Waals surface area contributed by atoms with Crippen LogP contribution in [0.2, 0.25) is 0 Å². The molecule has 0 aromatic carbocycles. The minimum absolute atomic E-state index is 0.458. The lowest BCUT2D eigenvalue weighted by atomic mass is 10.4. The Balaban J connectivity index is 2.11. The molecule has 2 heterocycles. The zero-order valence-electron chi connectivity index (χ0n) is 8.56. The van der Waals surface area contributed by atoms with Crippen molar-refractivity contribution in [1.82, 2.24) is 19.9 Å². The van der Waals surface area contributed by atoms with Crippen molar-refractivity contribution in [3.63, 3.8) is 0 Å². The van der Waals surface area contributed by atoms with Crippen molar-refractivity contribution in [1.29, 1.82) is 0 Å². The van der Waals surface area contributed by atoms with E-state index in [1.165, 1.54) is 6.39 Å². The third kappa shape index (κ3) is 1.76. The summed E-state index contributed by atoms with van der Waals surface area (Å²) in [7, 11) is 1.82. The van der Waals surface area contributed by atoms with Crippen LogP contribution in [-0.4, -0.2) is 19.9 Å². The number of hydrogen-bond donors (Lipinski definition) is 2. The van der Waals surface area contributed by atoms with E-state index >= 15 is 0 Å². The zero-order valence-corrected chi connectivity index (χ0v) is 8.56. The van der Waals surface area contributed by atoms with Crippen molar-refractivity contribution in [3.05, 3.63) is 17.9 Å². The molecule has 0 saturated carbocycles. The van der Waals surface area contributed by atoms with Gasteiger partial charge in [0.15, 0.2) is 5.82 Å². The second kappa shape index (κ2) is 3.60. The number of rotatable bonds is 3. The van der Waals surface area contributed by atoms with Crippen molar-refractivity contribution < 1.29 is 4.52 Å². The summed E-state index contributed by atoms with van der Waals surface area (Å²) in [6.45, 7) is 2.31. The quantitative estimate of drug-likeness (QED) is 0.753. The standard InChI is InChI=1S/C8H12N6O/c1-5-7(9)8(14(2)12-5)10-3-6-11-4-15-13-6/h4,10H,3,9H2,1-2H3. The monoisotopic (exact) mass is 208 g/mol. The van der Waals surface area contributed by atoms with Crippen molar-refractivity contribution >= 4 is 11.5 Å². The molecule has 0 unspecified atom stereocenters. The largest absolute Gasteiger partial charge is 0.394 e. The van der Waals surface area contributed by atoms with E-state index in [1.54, 1.807) is 4.68 Å². The minimum atomic E-state index is 0.458. The van der Waals surface area contributed by atoms with Gasteiger partial charge in [0.05, 0.1) is 17.9 Å². The summed E-state index contributed by atoms with van der Waals surface area (Å²) in [5.41, 5.74) is 7.27. The van der Waals surface area contributed by atoms with Gasteiger partial charge in [0.2, 0.25) is 6.39 Å². The number of aromatic nitrogens is 4. The molecule has 0 aliphatic heterocycles. The Bertz CT molecular complexity index is 446. The minimum Gasteiger partial charge on any atom is -0.394 e. The summed E-state index contributed by atoms with van der Waals surface area (Å²) in [6.07, 6.45) is 1.29. The second-order valence-corrected chi connectivity index (χ2v) is 3.17. The highest BCUT2D eigenvalue weighted by Gasteiger charge is 2.09. The third-order valence-electron chi connectivity index (χ3n) is 2.09. The number of nitrogen functional groups attached to an aromatic ring is 1. The molecule has 0 saturated heterocycles. The molecule has 2 aromatic heterocycles. The molecule has 0 spiro atoms. The highest BCUT2D eigenvalue weighted by Crippen LogP contribution is 2.20. The maximum atomic E-state index is 5.83. The molecule has 15 heavy (non-hydrogen) atoms. The first-order valence-electron chi connectivity index (χ1n) is 4.46. The van der Waals surface area contributed by atoms with E-state index < -0.39 is 0 Å². The van der Waals surface area contributed by atoms with Gasteiger partial charge in [0, 0.05) is 7.05 Å². The molecular formula is C8H12N6O.